The van der Waals surface area contributed by atoms with Crippen LogP contribution in [0.1, 0.15) is 10.4 Å². The van der Waals surface area contributed by atoms with Crippen molar-refractivity contribution < 1.29 is 18.0 Å². The summed E-state index contributed by atoms with van der Waals surface area (Å²) in [7, 11) is -3.84. The van der Waals surface area contributed by atoms with Crippen molar-refractivity contribution in [1.29, 1.82) is 0 Å². The summed E-state index contributed by atoms with van der Waals surface area (Å²) in [5.74, 6) is -0.743. The van der Waals surface area contributed by atoms with Gasteiger partial charge in [-0.15, -0.1) is 0 Å². The van der Waals surface area contributed by atoms with Crippen LogP contribution in [-0.4, -0.2) is 44.2 Å². The number of rotatable bonds is 4. The van der Waals surface area contributed by atoms with Crippen molar-refractivity contribution in [3.05, 3.63) is 57.7 Å². The van der Waals surface area contributed by atoms with Crippen molar-refractivity contribution in [2.75, 3.05) is 25.0 Å². The summed E-state index contributed by atoms with van der Waals surface area (Å²) in [4.78, 5) is 23.9. The Labute approximate surface area is 165 Å². The van der Waals surface area contributed by atoms with Crippen LogP contribution in [0, 0.1) is 3.57 Å². The van der Waals surface area contributed by atoms with E-state index in [2.05, 4.69) is 33.2 Å². The lowest BCUT2D eigenvalue weighted by atomic mass is 10.2. The first kappa shape index (κ1) is 18.8. The largest absolute Gasteiger partial charge is 0.354 e. The minimum absolute atomic E-state index is 0.0116. The summed E-state index contributed by atoms with van der Waals surface area (Å²) in [6.45, 7) is 0.250. The molecular weight excluding hydrogens is 469 g/mol. The lowest BCUT2D eigenvalue weighted by molar-refractivity contribution is -0.122. The molecule has 2 N–H and O–H groups in total. The van der Waals surface area contributed by atoms with Gasteiger partial charge in [0.25, 0.3) is 5.91 Å². The summed E-state index contributed by atoms with van der Waals surface area (Å²) in [6.07, 6.45) is 0. The molecule has 26 heavy (non-hydrogen) atoms. The van der Waals surface area contributed by atoms with Crippen molar-refractivity contribution in [3.8, 4) is 0 Å². The van der Waals surface area contributed by atoms with Gasteiger partial charge in [0.05, 0.1) is 11.4 Å². The molecule has 0 spiro atoms. The zero-order valence-corrected chi connectivity index (χ0v) is 16.6. The molecule has 1 aliphatic heterocycles. The number of amides is 2. The predicted molar refractivity (Wildman–Crippen MR) is 105 cm³/mol. The molecule has 0 saturated carbocycles. The Bertz CT molecular complexity index is 945. The Morgan fingerprint density at radius 3 is 2.58 bits per heavy atom. The van der Waals surface area contributed by atoms with E-state index in [4.69, 9.17) is 0 Å². The highest BCUT2D eigenvalue weighted by Gasteiger charge is 2.29. The van der Waals surface area contributed by atoms with Gasteiger partial charge < -0.3 is 10.6 Å². The van der Waals surface area contributed by atoms with E-state index in [1.165, 1.54) is 18.2 Å². The van der Waals surface area contributed by atoms with E-state index in [0.717, 1.165) is 7.88 Å². The number of sulfonamides is 1. The molecule has 0 aliphatic carbocycles. The maximum Gasteiger partial charge on any atom is 0.255 e. The highest BCUT2D eigenvalue weighted by atomic mass is 127. The molecule has 2 aromatic rings. The predicted octanol–water partition coefficient (Wildman–Crippen LogP) is 1.66. The van der Waals surface area contributed by atoms with Crippen molar-refractivity contribution in [1.82, 2.24) is 9.62 Å². The minimum Gasteiger partial charge on any atom is -0.354 e. The molecular formula is C17H16IN3O4S. The molecule has 2 aromatic carbocycles. The second-order valence-corrected chi connectivity index (χ2v) is 8.86. The van der Waals surface area contributed by atoms with E-state index in [0.29, 0.717) is 5.69 Å². The van der Waals surface area contributed by atoms with Crippen LogP contribution in [0.4, 0.5) is 5.69 Å². The number of nitrogens with one attached hydrogen (secondary N) is 2. The van der Waals surface area contributed by atoms with E-state index < -0.39 is 15.9 Å². The smallest absolute Gasteiger partial charge is 0.255 e. The van der Waals surface area contributed by atoms with Crippen LogP contribution in [0.5, 0.6) is 0 Å². The molecule has 0 radical (unpaired) electrons. The second kappa shape index (κ2) is 7.72. The molecule has 1 saturated heterocycles. The number of anilines is 1. The first-order valence-electron chi connectivity index (χ1n) is 7.80. The number of halogens is 1. The minimum atomic E-state index is -3.84. The number of hydrogen-bond donors (Lipinski definition) is 2. The number of carbonyl (C=O) groups is 2. The number of nitrogens with zero attached hydrogens (tertiary/aromatic N) is 1. The first-order chi connectivity index (χ1) is 12.4. The van der Waals surface area contributed by atoms with E-state index in [1.54, 1.807) is 18.2 Å². The van der Waals surface area contributed by atoms with Crippen LogP contribution in [0.2, 0.25) is 0 Å². The third-order valence-electron chi connectivity index (χ3n) is 3.84. The summed E-state index contributed by atoms with van der Waals surface area (Å²) < 4.78 is 27.6. The normalized spacial score (nSPS) is 15.3. The molecule has 0 aromatic heterocycles. The molecule has 1 heterocycles. The average Bonchev–Trinajstić information content (AvgIpc) is 2.63. The van der Waals surface area contributed by atoms with Crippen LogP contribution in [0.3, 0.4) is 0 Å². The highest BCUT2D eigenvalue weighted by Crippen LogP contribution is 2.19. The van der Waals surface area contributed by atoms with Gasteiger partial charge >= 0.3 is 0 Å². The molecule has 1 aliphatic rings. The van der Waals surface area contributed by atoms with Gasteiger partial charge in [0.15, 0.2) is 0 Å². The van der Waals surface area contributed by atoms with Crippen molar-refractivity contribution >= 4 is 50.1 Å². The van der Waals surface area contributed by atoms with Crippen LogP contribution in [-0.2, 0) is 14.8 Å². The number of hydrogen-bond acceptors (Lipinski definition) is 4. The van der Waals surface area contributed by atoms with Gasteiger partial charge in [0.1, 0.15) is 0 Å². The average molecular weight is 485 g/mol. The molecule has 3 rings (SSSR count). The van der Waals surface area contributed by atoms with E-state index in [-0.39, 0.29) is 36.0 Å². The van der Waals surface area contributed by atoms with Crippen molar-refractivity contribution in [2.24, 2.45) is 0 Å². The van der Waals surface area contributed by atoms with Gasteiger partial charge in [-0.2, -0.15) is 4.31 Å². The Balaban J connectivity index is 1.82. The van der Waals surface area contributed by atoms with Gasteiger partial charge in [-0.25, -0.2) is 8.42 Å². The monoisotopic (exact) mass is 485 g/mol. The second-order valence-electron chi connectivity index (χ2n) is 5.68. The van der Waals surface area contributed by atoms with Crippen LogP contribution >= 0.6 is 22.6 Å². The number of piperazine rings is 1. The van der Waals surface area contributed by atoms with Crippen LogP contribution in [0.15, 0.2) is 53.4 Å². The van der Waals surface area contributed by atoms with E-state index in [1.807, 2.05) is 12.1 Å². The van der Waals surface area contributed by atoms with Gasteiger partial charge in [0.2, 0.25) is 15.9 Å². The van der Waals surface area contributed by atoms with Gasteiger partial charge in [0, 0.05) is 27.9 Å². The Morgan fingerprint density at radius 1 is 1.15 bits per heavy atom. The maximum atomic E-state index is 12.7. The van der Waals surface area contributed by atoms with Crippen molar-refractivity contribution in [2.45, 2.75) is 4.90 Å². The lowest BCUT2D eigenvalue weighted by Crippen LogP contribution is -2.49. The fraction of sp³-hybridized carbons (Fsp3) is 0.176. The number of benzene rings is 2. The zero-order chi connectivity index (χ0) is 18.7. The first-order valence-corrected chi connectivity index (χ1v) is 10.3. The molecule has 9 heteroatoms. The summed E-state index contributed by atoms with van der Waals surface area (Å²) in [5, 5.41) is 5.32. The Kier molecular flexibility index (Phi) is 5.58. The zero-order valence-electron chi connectivity index (χ0n) is 13.6. The fourth-order valence-corrected chi connectivity index (χ4v) is 4.31. The standard InChI is InChI=1S/C17H16IN3O4S/c18-13-4-6-14(7-5-13)20-17(23)12-2-1-3-15(10-12)26(24,25)21-9-8-19-16(22)11-21/h1-7,10H,8-9,11H2,(H,19,22)(H,20,23). The maximum absolute atomic E-state index is 12.7. The summed E-state index contributed by atoms with van der Waals surface area (Å²) in [6, 6.07) is 13.1. The van der Waals surface area contributed by atoms with E-state index in [9.17, 15) is 18.0 Å². The van der Waals surface area contributed by atoms with Gasteiger partial charge in [-0.1, -0.05) is 6.07 Å². The molecule has 2 amide bonds. The topological polar surface area (TPSA) is 95.6 Å². The van der Waals surface area contributed by atoms with Crippen molar-refractivity contribution in [3.63, 3.8) is 0 Å². The SMILES string of the molecule is O=C1CN(S(=O)(=O)c2cccc(C(=O)Nc3ccc(I)cc3)c2)CCN1. The lowest BCUT2D eigenvalue weighted by Gasteiger charge is -2.26. The molecule has 136 valence electrons. The fourth-order valence-electron chi connectivity index (χ4n) is 2.50. The van der Waals surface area contributed by atoms with Gasteiger partial charge in [-0.3, -0.25) is 9.59 Å². The van der Waals surface area contributed by atoms with Crippen LogP contribution in [0.25, 0.3) is 0 Å². The summed E-state index contributed by atoms with van der Waals surface area (Å²) >= 11 is 2.16. The third kappa shape index (κ3) is 4.22. The highest BCUT2D eigenvalue weighted by molar-refractivity contribution is 14.1. The molecule has 7 nitrogen and oxygen atoms in total. The molecule has 0 bridgehead atoms. The molecule has 0 atom stereocenters. The molecule has 1 fully saturated rings. The summed E-state index contributed by atoms with van der Waals surface area (Å²) in [5.41, 5.74) is 0.850. The van der Waals surface area contributed by atoms with E-state index >= 15 is 0 Å². The van der Waals surface area contributed by atoms with Crippen LogP contribution < -0.4 is 10.6 Å². The Hall–Kier alpha value is -1.98. The molecule has 0 unspecified atom stereocenters. The quantitative estimate of drug-likeness (QED) is 0.645. The number of carbonyl (C=O) groups excluding carboxylic acids is 2. The third-order valence-corrected chi connectivity index (χ3v) is 6.40. The van der Waals surface area contributed by atoms with Gasteiger partial charge in [-0.05, 0) is 65.1 Å². The Morgan fingerprint density at radius 2 is 1.88 bits per heavy atom.